The van der Waals surface area contributed by atoms with Gasteiger partial charge in [0.1, 0.15) is 0 Å². The highest BCUT2D eigenvalue weighted by atomic mass is 16.3. The van der Waals surface area contributed by atoms with Crippen molar-refractivity contribution in [2.45, 2.75) is 45.1 Å². The summed E-state index contributed by atoms with van der Waals surface area (Å²) in [7, 11) is 0. The Morgan fingerprint density at radius 1 is 1.35 bits per heavy atom. The van der Waals surface area contributed by atoms with Gasteiger partial charge in [-0.2, -0.15) is 0 Å². The Labute approximate surface area is 120 Å². The predicted octanol–water partition coefficient (Wildman–Crippen LogP) is 2.34. The lowest BCUT2D eigenvalue weighted by atomic mass is 9.93. The first-order valence-electron chi connectivity index (χ1n) is 7.41. The molecule has 1 saturated carbocycles. The number of rotatable bonds is 4. The van der Waals surface area contributed by atoms with Gasteiger partial charge >= 0.3 is 0 Å². The number of aliphatic hydroxyl groups excluding tert-OH is 1. The summed E-state index contributed by atoms with van der Waals surface area (Å²) in [6.07, 6.45) is 5.67. The molecule has 0 aliphatic heterocycles. The first-order valence-corrected chi connectivity index (χ1v) is 7.41. The van der Waals surface area contributed by atoms with Crippen LogP contribution in [-0.4, -0.2) is 35.1 Å². The summed E-state index contributed by atoms with van der Waals surface area (Å²) in [5.41, 5.74) is 8.00. The summed E-state index contributed by atoms with van der Waals surface area (Å²) in [6, 6.07) is 5.64. The standard InChI is InChI=1S/C16H24N2O2/c1-12-11-13(17)7-8-15(12)16(20)18(9-10-19)14-5-3-2-4-6-14/h7-8,11,14,19H,2-6,9-10,17H2,1H3. The van der Waals surface area contributed by atoms with Crippen LogP contribution in [0.15, 0.2) is 18.2 Å². The summed E-state index contributed by atoms with van der Waals surface area (Å²) >= 11 is 0. The average Bonchev–Trinajstić information content (AvgIpc) is 2.45. The van der Waals surface area contributed by atoms with Gasteiger partial charge in [0.25, 0.3) is 5.91 Å². The molecule has 2 rings (SSSR count). The zero-order chi connectivity index (χ0) is 14.5. The molecule has 0 aromatic heterocycles. The minimum absolute atomic E-state index is 0.0102. The van der Waals surface area contributed by atoms with E-state index in [1.54, 1.807) is 12.1 Å². The largest absolute Gasteiger partial charge is 0.399 e. The van der Waals surface area contributed by atoms with Crippen molar-refractivity contribution in [1.29, 1.82) is 0 Å². The van der Waals surface area contributed by atoms with Crippen LogP contribution in [0.4, 0.5) is 5.69 Å². The maximum atomic E-state index is 12.7. The van der Waals surface area contributed by atoms with E-state index in [-0.39, 0.29) is 18.6 Å². The molecule has 4 nitrogen and oxygen atoms in total. The Hall–Kier alpha value is -1.55. The van der Waals surface area contributed by atoms with Gasteiger partial charge in [-0.1, -0.05) is 19.3 Å². The number of carbonyl (C=O) groups is 1. The molecule has 1 fully saturated rings. The lowest BCUT2D eigenvalue weighted by Crippen LogP contribution is -2.43. The van der Waals surface area contributed by atoms with Crippen molar-refractivity contribution < 1.29 is 9.90 Å². The second-order valence-corrected chi connectivity index (χ2v) is 5.59. The Bertz CT molecular complexity index is 468. The number of carbonyl (C=O) groups excluding carboxylic acids is 1. The zero-order valence-corrected chi connectivity index (χ0v) is 12.1. The number of anilines is 1. The van der Waals surface area contributed by atoms with Gasteiger partial charge in [0.15, 0.2) is 0 Å². The minimum Gasteiger partial charge on any atom is -0.399 e. The van der Waals surface area contributed by atoms with Crippen LogP contribution in [0.25, 0.3) is 0 Å². The van der Waals surface area contributed by atoms with Gasteiger partial charge in [-0.25, -0.2) is 0 Å². The van der Waals surface area contributed by atoms with E-state index in [0.29, 0.717) is 17.8 Å². The maximum Gasteiger partial charge on any atom is 0.254 e. The predicted molar refractivity (Wildman–Crippen MR) is 80.6 cm³/mol. The van der Waals surface area contributed by atoms with Gasteiger partial charge in [0.2, 0.25) is 0 Å². The molecule has 0 atom stereocenters. The van der Waals surface area contributed by atoms with Crippen LogP contribution in [0.1, 0.15) is 48.0 Å². The molecule has 110 valence electrons. The third kappa shape index (κ3) is 3.31. The van der Waals surface area contributed by atoms with Gasteiger partial charge in [-0.3, -0.25) is 4.79 Å². The van der Waals surface area contributed by atoms with Gasteiger partial charge in [0.05, 0.1) is 6.61 Å². The molecule has 0 unspecified atom stereocenters. The number of nitrogen functional groups attached to an aromatic ring is 1. The summed E-state index contributed by atoms with van der Waals surface area (Å²) in [5, 5.41) is 9.26. The Morgan fingerprint density at radius 3 is 2.65 bits per heavy atom. The highest BCUT2D eigenvalue weighted by Gasteiger charge is 2.26. The average molecular weight is 276 g/mol. The summed E-state index contributed by atoms with van der Waals surface area (Å²) in [5.74, 6) is 0.0171. The third-order valence-corrected chi connectivity index (χ3v) is 4.10. The molecule has 4 heteroatoms. The van der Waals surface area contributed by atoms with Crippen LogP contribution in [-0.2, 0) is 0 Å². The molecule has 0 bridgehead atoms. The molecule has 0 heterocycles. The molecule has 1 aliphatic carbocycles. The molecule has 1 aromatic rings. The first kappa shape index (κ1) is 14.9. The molecular weight excluding hydrogens is 252 g/mol. The number of hydrogen-bond acceptors (Lipinski definition) is 3. The van der Waals surface area contributed by atoms with E-state index in [0.717, 1.165) is 18.4 Å². The molecule has 3 N–H and O–H groups in total. The van der Waals surface area contributed by atoms with Gasteiger partial charge < -0.3 is 15.7 Å². The fourth-order valence-corrected chi connectivity index (χ4v) is 3.03. The van der Waals surface area contributed by atoms with E-state index in [4.69, 9.17) is 5.73 Å². The Morgan fingerprint density at radius 2 is 2.05 bits per heavy atom. The highest BCUT2D eigenvalue weighted by molar-refractivity contribution is 5.96. The Balaban J connectivity index is 2.21. The topological polar surface area (TPSA) is 66.6 Å². The van der Waals surface area contributed by atoms with E-state index >= 15 is 0 Å². The van der Waals surface area contributed by atoms with Crippen LogP contribution >= 0.6 is 0 Å². The second-order valence-electron chi connectivity index (χ2n) is 5.59. The monoisotopic (exact) mass is 276 g/mol. The van der Waals surface area contributed by atoms with Crippen molar-refractivity contribution in [2.24, 2.45) is 0 Å². The van der Waals surface area contributed by atoms with Gasteiger partial charge in [0, 0.05) is 23.8 Å². The number of nitrogens with zero attached hydrogens (tertiary/aromatic N) is 1. The van der Waals surface area contributed by atoms with Crippen molar-refractivity contribution in [1.82, 2.24) is 4.90 Å². The molecule has 0 radical (unpaired) electrons. The van der Waals surface area contributed by atoms with Crippen molar-refractivity contribution in [3.63, 3.8) is 0 Å². The zero-order valence-electron chi connectivity index (χ0n) is 12.1. The van der Waals surface area contributed by atoms with Crippen LogP contribution in [0.3, 0.4) is 0 Å². The van der Waals surface area contributed by atoms with Gasteiger partial charge in [-0.05, 0) is 43.5 Å². The molecule has 1 aromatic carbocycles. The van der Waals surface area contributed by atoms with E-state index < -0.39 is 0 Å². The SMILES string of the molecule is Cc1cc(N)ccc1C(=O)N(CCO)C1CCCCC1. The van der Waals surface area contributed by atoms with Crippen LogP contribution in [0.2, 0.25) is 0 Å². The molecule has 0 saturated heterocycles. The van der Waals surface area contributed by atoms with Crippen LogP contribution in [0, 0.1) is 6.92 Å². The van der Waals surface area contributed by atoms with Crippen molar-refractivity contribution >= 4 is 11.6 Å². The van der Waals surface area contributed by atoms with E-state index in [1.165, 1.54) is 19.3 Å². The van der Waals surface area contributed by atoms with Crippen LogP contribution < -0.4 is 5.73 Å². The van der Waals surface area contributed by atoms with Crippen molar-refractivity contribution in [3.8, 4) is 0 Å². The molecule has 1 amide bonds. The van der Waals surface area contributed by atoms with Crippen molar-refractivity contribution in [2.75, 3.05) is 18.9 Å². The number of hydrogen-bond donors (Lipinski definition) is 2. The summed E-state index contributed by atoms with van der Waals surface area (Å²) in [6.45, 7) is 2.32. The van der Waals surface area contributed by atoms with E-state index in [1.807, 2.05) is 17.9 Å². The lowest BCUT2D eigenvalue weighted by molar-refractivity contribution is 0.0584. The fourth-order valence-electron chi connectivity index (χ4n) is 3.03. The smallest absolute Gasteiger partial charge is 0.254 e. The Kier molecular flexibility index (Phi) is 5.01. The molecule has 1 aliphatic rings. The number of aryl methyl sites for hydroxylation is 1. The molecule has 20 heavy (non-hydrogen) atoms. The number of aliphatic hydroxyl groups is 1. The minimum atomic E-state index is 0.0102. The number of amides is 1. The van der Waals surface area contributed by atoms with E-state index in [2.05, 4.69) is 0 Å². The summed E-state index contributed by atoms with van der Waals surface area (Å²) in [4.78, 5) is 14.6. The highest BCUT2D eigenvalue weighted by Crippen LogP contribution is 2.25. The van der Waals surface area contributed by atoms with E-state index in [9.17, 15) is 9.90 Å². The summed E-state index contributed by atoms with van der Waals surface area (Å²) < 4.78 is 0. The maximum absolute atomic E-state index is 12.7. The fraction of sp³-hybridized carbons (Fsp3) is 0.562. The second kappa shape index (κ2) is 6.75. The number of benzene rings is 1. The molecular formula is C16H24N2O2. The van der Waals surface area contributed by atoms with Crippen molar-refractivity contribution in [3.05, 3.63) is 29.3 Å². The van der Waals surface area contributed by atoms with Gasteiger partial charge in [-0.15, -0.1) is 0 Å². The molecule has 0 spiro atoms. The quantitative estimate of drug-likeness (QED) is 0.830. The third-order valence-electron chi connectivity index (χ3n) is 4.10. The number of nitrogens with two attached hydrogens (primary N) is 1. The first-order chi connectivity index (χ1) is 9.63. The van der Waals surface area contributed by atoms with Crippen LogP contribution in [0.5, 0.6) is 0 Å². The normalized spacial score (nSPS) is 16.1. The lowest BCUT2D eigenvalue weighted by Gasteiger charge is -2.34.